The first-order valence-corrected chi connectivity index (χ1v) is 21.9. The second-order valence-electron chi connectivity index (χ2n) is 11.1. The summed E-state index contributed by atoms with van der Waals surface area (Å²) in [7, 11) is -5.27. The predicted molar refractivity (Wildman–Crippen MR) is 130 cm³/mol. The Bertz CT molecular complexity index is 970. The van der Waals surface area contributed by atoms with Gasteiger partial charge in [-0.15, -0.1) is 0 Å². The lowest BCUT2D eigenvalue weighted by Crippen LogP contribution is -2.43. The van der Waals surface area contributed by atoms with Crippen molar-refractivity contribution < 1.29 is 18.0 Å². The Morgan fingerprint density at radius 3 is 2.32 bits per heavy atom. The SMILES string of the molecule is C[Si](C)(C)OCC1OC2C(Sc3nc4c(O[Si](C)(C)C)ncnc4n32)C1O[Si](C)(C)C. The number of fused-ring (bicyclic) bond motifs is 5. The minimum absolute atomic E-state index is 0.0330. The fraction of sp³-hybridized carbons (Fsp3) is 0.737. The second kappa shape index (κ2) is 7.92. The topological polar surface area (TPSA) is 80.5 Å². The Morgan fingerprint density at radius 1 is 1.00 bits per heavy atom. The number of rotatable bonds is 7. The lowest BCUT2D eigenvalue weighted by molar-refractivity contribution is -0.0383. The Morgan fingerprint density at radius 2 is 1.71 bits per heavy atom. The maximum atomic E-state index is 6.63. The molecule has 0 bridgehead atoms. The highest BCUT2D eigenvalue weighted by Gasteiger charge is 2.53. The first-order chi connectivity index (χ1) is 14.2. The van der Waals surface area contributed by atoms with Crippen molar-refractivity contribution in [2.24, 2.45) is 0 Å². The van der Waals surface area contributed by atoms with Crippen LogP contribution in [-0.2, 0) is 13.6 Å². The molecule has 2 aromatic rings. The zero-order valence-corrected chi connectivity index (χ0v) is 23.7. The molecular formula is C19H34N4O4SSi3. The van der Waals surface area contributed by atoms with Gasteiger partial charge >= 0.3 is 0 Å². The molecule has 31 heavy (non-hydrogen) atoms. The standard InChI is InChI=1S/C19H34N4O4SSi3/c1-29(2,3)24-10-12-14(26-30(4,5)6)15-18(25-12)23-16-13(22-19(23)28-15)17(21-11-20-16)27-31(7,8)9/h11-12,14-15,18H,10H2,1-9H3. The van der Waals surface area contributed by atoms with Crippen LogP contribution in [0.4, 0.5) is 0 Å². The molecule has 8 nitrogen and oxygen atoms in total. The fourth-order valence-corrected chi connectivity index (χ4v) is 7.69. The molecular weight excluding hydrogens is 465 g/mol. The normalized spacial score (nSPS) is 26.4. The highest BCUT2D eigenvalue weighted by molar-refractivity contribution is 8.00. The minimum atomic E-state index is -1.83. The Hall–Kier alpha value is -0.769. The van der Waals surface area contributed by atoms with Crippen LogP contribution in [0.1, 0.15) is 6.23 Å². The van der Waals surface area contributed by atoms with Gasteiger partial charge in [-0.2, -0.15) is 0 Å². The predicted octanol–water partition coefficient (Wildman–Crippen LogP) is 4.48. The molecule has 0 radical (unpaired) electrons. The third kappa shape index (κ3) is 5.09. The van der Waals surface area contributed by atoms with E-state index in [1.807, 2.05) is 0 Å². The van der Waals surface area contributed by atoms with E-state index in [1.165, 1.54) is 0 Å². The minimum Gasteiger partial charge on any atom is -0.530 e. The van der Waals surface area contributed by atoms with Crippen molar-refractivity contribution in [2.45, 2.75) is 87.8 Å². The van der Waals surface area contributed by atoms with Crippen LogP contribution in [-0.4, -0.2) is 68.5 Å². The smallest absolute Gasteiger partial charge is 0.244 e. The van der Waals surface area contributed by atoms with E-state index >= 15 is 0 Å². The van der Waals surface area contributed by atoms with Crippen molar-refractivity contribution in [3.8, 4) is 5.88 Å². The van der Waals surface area contributed by atoms with E-state index in [2.05, 4.69) is 73.5 Å². The van der Waals surface area contributed by atoms with Gasteiger partial charge in [0, 0.05) is 0 Å². The van der Waals surface area contributed by atoms with Crippen molar-refractivity contribution in [2.75, 3.05) is 6.61 Å². The van der Waals surface area contributed by atoms with E-state index in [4.69, 9.17) is 23.0 Å². The van der Waals surface area contributed by atoms with Gasteiger partial charge in [0.1, 0.15) is 12.4 Å². The van der Waals surface area contributed by atoms with Crippen molar-refractivity contribution in [1.82, 2.24) is 19.5 Å². The molecule has 4 atom stereocenters. The van der Waals surface area contributed by atoms with Crippen LogP contribution in [0.5, 0.6) is 5.88 Å². The number of nitrogens with zero attached hydrogens (tertiary/aromatic N) is 4. The number of aromatic nitrogens is 4. The van der Waals surface area contributed by atoms with Gasteiger partial charge in [-0.3, -0.25) is 4.57 Å². The van der Waals surface area contributed by atoms with Crippen molar-refractivity contribution >= 4 is 47.9 Å². The van der Waals surface area contributed by atoms with E-state index < -0.39 is 25.0 Å². The van der Waals surface area contributed by atoms with E-state index in [9.17, 15) is 0 Å². The van der Waals surface area contributed by atoms with E-state index in [0.717, 1.165) is 10.8 Å². The number of hydrogen-bond acceptors (Lipinski definition) is 8. The molecule has 4 heterocycles. The third-order valence-corrected chi connectivity index (χ3v) is 8.86. The summed E-state index contributed by atoms with van der Waals surface area (Å²) in [6, 6.07) is 0. The molecule has 0 N–H and O–H groups in total. The van der Waals surface area contributed by atoms with Gasteiger partial charge in [-0.05, 0) is 58.9 Å². The molecule has 2 aromatic heterocycles. The van der Waals surface area contributed by atoms with Crippen molar-refractivity contribution in [3.63, 3.8) is 0 Å². The number of imidazole rings is 1. The molecule has 172 valence electrons. The highest BCUT2D eigenvalue weighted by Crippen LogP contribution is 2.51. The van der Waals surface area contributed by atoms with E-state index in [0.29, 0.717) is 18.0 Å². The molecule has 0 spiro atoms. The number of thioether (sulfide) groups is 1. The molecule has 1 fully saturated rings. The summed E-state index contributed by atoms with van der Waals surface area (Å²) in [5, 5.41) is 1.02. The van der Waals surface area contributed by atoms with Gasteiger partial charge in [-0.25, -0.2) is 15.0 Å². The quantitative estimate of drug-likeness (QED) is 0.517. The summed E-state index contributed by atoms with van der Waals surface area (Å²) in [6.45, 7) is 20.2. The molecule has 0 aromatic carbocycles. The summed E-state index contributed by atoms with van der Waals surface area (Å²) >= 11 is 1.71. The van der Waals surface area contributed by atoms with Gasteiger partial charge < -0.3 is 18.0 Å². The van der Waals surface area contributed by atoms with Crippen LogP contribution in [0, 0.1) is 0 Å². The van der Waals surface area contributed by atoms with E-state index in [-0.39, 0.29) is 23.7 Å². The first kappa shape index (κ1) is 23.4. The average Bonchev–Trinajstić information content (AvgIpc) is 3.20. The summed E-state index contributed by atoms with van der Waals surface area (Å²) < 4.78 is 27.7. The van der Waals surface area contributed by atoms with Crippen LogP contribution in [0.25, 0.3) is 11.2 Å². The summed E-state index contributed by atoms with van der Waals surface area (Å²) in [5.41, 5.74) is 1.47. The molecule has 12 heteroatoms. The van der Waals surface area contributed by atoms with Crippen molar-refractivity contribution in [3.05, 3.63) is 6.33 Å². The summed E-state index contributed by atoms with van der Waals surface area (Å²) in [6.07, 6.45) is 1.23. The van der Waals surface area contributed by atoms with Crippen LogP contribution in [0.15, 0.2) is 11.5 Å². The maximum Gasteiger partial charge on any atom is 0.244 e. The van der Waals surface area contributed by atoms with Gasteiger partial charge in [-0.1, -0.05) is 11.8 Å². The molecule has 0 amide bonds. The monoisotopic (exact) mass is 498 g/mol. The maximum absolute atomic E-state index is 6.63. The molecule has 0 saturated carbocycles. The third-order valence-electron chi connectivity index (χ3n) is 4.77. The summed E-state index contributed by atoms with van der Waals surface area (Å²) in [5.74, 6) is 0.565. The Kier molecular flexibility index (Phi) is 5.98. The average molecular weight is 499 g/mol. The molecule has 4 rings (SSSR count). The first-order valence-electron chi connectivity index (χ1n) is 10.8. The van der Waals surface area contributed by atoms with Gasteiger partial charge in [0.25, 0.3) is 0 Å². The van der Waals surface area contributed by atoms with Gasteiger partial charge in [0.15, 0.2) is 39.2 Å². The van der Waals surface area contributed by atoms with Crippen LogP contribution in [0.3, 0.4) is 0 Å². The van der Waals surface area contributed by atoms with E-state index in [1.54, 1.807) is 18.1 Å². The number of ether oxygens (including phenoxy) is 1. The molecule has 1 saturated heterocycles. The molecule has 2 aliphatic heterocycles. The Balaban J connectivity index is 1.67. The lowest BCUT2D eigenvalue weighted by atomic mass is 10.2. The fourth-order valence-electron chi connectivity index (χ4n) is 3.73. The zero-order chi connectivity index (χ0) is 22.8. The van der Waals surface area contributed by atoms with Gasteiger partial charge in [0.2, 0.25) is 14.2 Å². The number of hydrogen-bond donors (Lipinski definition) is 0. The zero-order valence-electron chi connectivity index (χ0n) is 19.9. The molecule has 0 aliphatic carbocycles. The summed E-state index contributed by atoms with van der Waals surface area (Å²) in [4.78, 5) is 13.8. The van der Waals surface area contributed by atoms with Gasteiger partial charge in [0.05, 0.1) is 18.0 Å². The highest BCUT2D eigenvalue weighted by atomic mass is 32.2. The largest absolute Gasteiger partial charge is 0.530 e. The molecule has 2 aliphatic rings. The van der Waals surface area contributed by atoms with Crippen LogP contribution >= 0.6 is 11.8 Å². The molecule has 4 unspecified atom stereocenters. The lowest BCUT2D eigenvalue weighted by Gasteiger charge is -2.30. The van der Waals surface area contributed by atoms with Crippen LogP contribution in [0.2, 0.25) is 58.9 Å². The van der Waals surface area contributed by atoms with Crippen molar-refractivity contribution in [1.29, 1.82) is 0 Å². The Labute approximate surface area is 191 Å². The second-order valence-corrected chi connectivity index (χ2v) is 25.6. The van der Waals surface area contributed by atoms with Crippen LogP contribution < -0.4 is 4.43 Å².